The zero-order chi connectivity index (χ0) is 24.9. The number of thiocarbonyl (C=S) groups is 2. The van der Waals surface area contributed by atoms with E-state index in [1.54, 1.807) is 10.0 Å². The van der Waals surface area contributed by atoms with Crippen molar-refractivity contribution in [2.75, 3.05) is 13.1 Å². The third-order valence-electron chi connectivity index (χ3n) is 5.50. The van der Waals surface area contributed by atoms with Gasteiger partial charge in [-0.25, -0.2) is 0 Å². The van der Waals surface area contributed by atoms with Gasteiger partial charge in [0.05, 0.1) is 0 Å². The number of carbonyl (C=O) groups is 2. The molecule has 0 heterocycles. The Morgan fingerprint density at radius 2 is 1.50 bits per heavy atom. The van der Waals surface area contributed by atoms with Gasteiger partial charge < -0.3 is 0 Å². The van der Waals surface area contributed by atoms with E-state index in [9.17, 15) is 9.59 Å². The highest BCUT2D eigenvalue weighted by atomic mass is 32.1. The topological polar surface area (TPSA) is 64.7 Å². The van der Waals surface area contributed by atoms with Crippen LogP contribution in [0.25, 0.3) is 0 Å². The smallest absolute Gasteiger partial charge is 0.248 e. The van der Waals surface area contributed by atoms with Crippen molar-refractivity contribution in [2.45, 2.75) is 59.3 Å². The van der Waals surface area contributed by atoms with E-state index in [0.717, 1.165) is 43.2 Å². The quantitative estimate of drug-likeness (QED) is 0.272. The molecule has 0 aliphatic heterocycles. The Morgan fingerprint density at radius 3 is 2.03 bits per heavy atom. The molecule has 184 valence electrons. The van der Waals surface area contributed by atoms with Crippen molar-refractivity contribution in [1.29, 1.82) is 0 Å². The maximum atomic E-state index is 12.8. The van der Waals surface area contributed by atoms with Crippen molar-refractivity contribution in [3.05, 3.63) is 59.7 Å². The highest BCUT2D eigenvalue weighted by Gasteiger charge is 2.22. The summed E-state index contributed by atoms with van der Waals surface area (Å²) in [4.78, 5) is 26.6. The maximum Gasteiger partial charge on any atom is 0.248 e. The van der Waals surface area contributed by atoms with Crippen LogP contribution in [0.3, 0.4) is 0 Å². The van der Waals surface area contributed by atoms with Gasteiger partial charge in [0.25, 0.3) is 0 Å². The molecular formula is C26H36N4O2S2. The summed E-state index contributed by atoms with van der Waals surface area (Å²) in [6.07, 6.45) is 10.4. The maximum absolute atomic E-state index is 12.8. The fourth-order valence-corrected chi connectivity index (χ4v) is 4.17. The summed E-state index contributed by atoms with van der Waals surface area (Å²) in [7, 11) is 0. The summed E-state index contributed by atoms with van der Waals surface area (Å²) < 4.78 is 0. The minimum Gasteiger partial charge on any atom is -0.274 e. The van der Waals surface area contributed by atoms with Crippen LogP contribution in [0.2, 0.25) is 0 Å². The molecule has 2 rings (SSSR count). The first kappa shape index (κ1) is 27.7. The van der Waals surface area contributed by atoms with E-state index in [0.29, 0.717) is 23.1 Å². The first-order valence-corrected chi connectivity index (χ1v) is 12.8. The fourth-order valence-electron chi connectivity index (χ4n) is 3.49. The van der Waals surface area contributed by atoms with Crippen LogP contribution in [-0.4, -0.2) is 44.9 Å². The molecule has 0 radical (unpaired) electrons. The van der Waals surface area contributed by atoms with Crippen molar-refractivity contribution in [1.82, 2.24) is 20.9 Å². The Labute approximate surface area is 214 Å². The number of allylic oxidation sites excluding steroid dienone is 3. The number of hydrogen-bond acceptors (Lipinski definition) is 4. The first-order chi connectivity index (χ1) is 16.4. The van der Waals surface area contributed by atoms with Crippen LogP contribution in [0.1, 0.15) is 64.9 Å². The Bertz CT molecular complexity index is 915. The predicted octanol–water partition coefficient (Wildman–Crippen LogP) is 4.87. The van der Waals surface area contributed by atoms with Gasteiger partial charge in [-0.2, -0.15) is 0 Å². The van der Waals surface area contributed by atoms with Crippen LogP contribution in [0.4, 0.5) is 0 Å². The molecule has 8 heteroatoms. The van der Waals surface area contributed by atoms with Crippen molar-refractivity contribution in [3.63, 3.8) is 0 Å². The van der Waals surface area contributed by atoms with Gasteiger partial charge in [0.15, 0.2) is 0 Å². The predicted molar refractivity (Wildman–Crippen MR) is 146 cm³/mol. The van der Waals surface area contributed by atoms with Gasteiger partial charge in [0.1, 0.15) is 16.4 Å². The molecule has 1 unspecified atom stereocenters. The molecule has 1 atom stereocenters. The lowest BCUT2D eigenvalue weighted by atomic mass is 9.93. The van der Waals surface area contributed by atoms with E-state index in [1.807, 2.05) is 42.5 Å². The Balaban J connectivity index is 2.02. The molecule has 1 aromatic rings. The second-order valence-electron chi connectivity index (χ2n) is 8.42. The van der Waals surface area contributed by atoms with Crippen molar-refractivity contribution in [3.8, 4) is 0 Å². The lowest BCUT2D eigenvalue weighted by Crippen LogP contribution is -2.50. The number of nitrogens with zero attached hydrogens (tertiary/aromatic N) is 2. The molecule has 2 amide bonds. The number of amides is 2. The second kappa shape index (κ2) is 14.6. The molecule has 0 fully saturated rings. The van der Waals surface area contributed by atoms with E-state index in [2.05, 4.69) is 37.7 Å². The molecule has 1 aromatic carbocycles. The standard InChI is InChI=1S/C26H36N4O2S2/c1-4-6-17-29(25(33)21-14-9-8-10-15-21)27-23(31)19-24(32)28-30(18-7-5-2)26(34)22-16-12-11-13-20(22)3/h8-12,14-16,20H,4-7,13,17-19H2,1-3H3,(H,27,31)(H,28,32). The zero-order valence-electron chi connectivity index (χ0n) is 20.4. The molecule has 34 heavy (non-hydrogen) atoms. The highest BCUT2D eigenvalue weighted by molar-refractivity contribution is 7.80. The van der Waals surface area contributed by atoms with Crippen LogP contribution in [0.5, 0.6) is 0 Å². The van der Waals surface area contributed by atoms with Gasteiger partial charge in [0, 0.05) is 18.7 Å². The Morgan fingerprint density at radius 1 is 0.941 bits per heavy atom. The molecule has 0 bridgehead atoms. The zero-order valence-corrected chi connectivity index (χ0v) is 22.0. The average molecular weight is 501 g/mol. The van der Waals surface area contributed by atoms with Crippen LogP contribution in [-0.2, 0) is 9.59 Å². The number of hydrogen-bond donors (Lipinski definition) is 2. The Hall–Kier alpha value is -2.58. The van der Waals surface area contributed by atoms with Gasteiger partial charge in [-0.1, -0.05) is 107 Å². The summed E-state index contributed by atoms with van der Waals surface area (Å²) in [6.45, 7) is 7.45. The number of unbranched alkanes of at least 4 members (excludes halogenated alkanes) is 2. The van der Waals surface area contributed by atoms with Gasteiger partial charge in [0.2, 0.25) is 11.8 Å². The number of hydrazine groups is 2. The van der Waals surface area contributed by atoms with Crippen LogP contribution in [0, 0.1) is 5.92 Å². The number of nitrogens with one attached hydrogen (secondary N) is 2. The molecule has 0 saturated carbocycles. The summed E-state index contributed by atoms with van der Waals surface area (Å²) in [5, 5.41) is 3.36. The fraction of sp³-hybridized carbons (Fsp3) is 0.462. The molecule has 0 spiro atoms. The summed E-state index contributed by atoms with van der Waals surface area (Å²) in [5.74, 6) is -0.536. The molecule has 0 saturated heterocycles. The van der Waals surface area contributed by atoms with E-state index >= 15 is 0 Å². The summed E-state index contributed by atoms with van der Waals surface area (Å²) >= 11 is 11.3. The summed E-state index contributed by atoms with van der Waals surface area (Å²) in [6, 6.07) is 9.54. The molecule has 1 aliphatic carbocycles. The van der Waals surface area contributed by atoms with Crippen LogP contribution < -0.4 is 10.9 Å². The molecule has 2 N–H and O–H groups in total. The van der Waals surface area contributed by atoms with Gasteiger partial charge in [-0.3, -0.25) is 30.5 Å². The molecule has 0 aromatic heterocycles. The first-order valence-electron chi connectivity index (χ1n) is 12.0. The Kier molecular flexibility index (Phi) is 11.9. The molecular weight excluding hydrogens is 464 g/mol. The van der Waals surface area contributed by atoms with Gasteiger partial charge >= 0.3 is 0 Å². The van der Waals surface area contributed by atoms with Crippen molar-refractivity contribution >= 4 is 46.2 Å². The lowest BCUT2D eigenvalue weighted by molar-refractivity contribution is -0.132. The van der Waals surface area contributed by atoms with E-state index in [1.165, 1.54) is 0 Å². The van der Waals surface area contributed by atoms with E-state index in [4.69, 9.17) is 24.4 Å². The second-order valence-corrected chi connectivity index (χ2v) is 9.19. The third kappa shape index (κ3) is 8.65. The minimum absolute atomic E-state index is 0.285. The third-order valence-corrected chi connectivity index (χ3v) is 6.41. The minimum atomic E-state index is -0.415. The van der Waals surface area contributed by atoms with Crippen molar-refractivity contribution < 1.29 is 9.59 Å². The molecule has 1 aliphatic rings. The normalized spacial score (nSPS) is 14.7. The molecule has 6 nitrogen and oxygen atoms in total. The highest BCUT2D eigenvalue weighted by Crippen LogP contribution is 2.22. The largest absolute Gasteiger partial charge is 0.274 e. The number of carbonyl (C=O) groups excluding carboxylic acids is 2. The van der Waals surface area contributed by atoms with Gasteiger partial charge in [-0.05, 0) is 30.8 Å². The number of rotatable bonds is 10. The summed E-state index contributed by atoms with van der Waals surface area (Å²) in [5.41, 5.74) is 7.54. The van der Waals surface area contributed by atoms with Crippen molar-refractivity contribution in [2.24, 2.45) is 5.92 Å². The monoisotopic (exact) mass is 500 g/mol. The van der Waals surface area contributed by atoms with E-state index in [-0.39, 0.29) is 12.3 Å². The SMILES string of the molecule is CCCCN(NC(=O)CC(=O)NN(CCCC)C(=S)c1ccccc1)C(=S)C1=CC=CCC1C. The van der Waals surface area contributed by atoms with E-state index < -0.39 is 11.8 Å². The lowest BCUT2D eigenvalue weighted by Gasteiger charge is -2.30. The van der Waals surface area contributed by atoms with Crippen LogP contribution >= 0.6 is 24.4 Å². The van der Waals surface area contributed by atoms with Gasteiger partial charge in [-0.15, -0.1) is 0 Å². The number of benzene rings is 1. The van der Waals surface area contributed by atoms with Crippen LogP contribution in [0.15, 0.2) is 54.1 Å². The average Bonchev–Trinajstić information content (AvgIpc) is 2.84.